The van der Waals surface area contributed by atoms with Crippen LogP contribution < -0.4 is 20.5 Å². The van der Waals surface area contributed by atoms with Crippen LogP contribution in [0.4, 0.5) is 0 Å². The number of methoxy groups -OCH3 is 2. The SMILES string of the molecule is COc1ccc(S(=O)(=O)CCC(=O)NC(C)(CN)CC(C)C)cc1OC. The van der Waals surface area contributed by atoms with Crippen molar-refractivity contribution in [1.29, 1.82) is 0 Å². The molecule has 1 aromatic rings. The van der Waals surface area contributed by atoms with Crippen LogP contribution in [-0.4, -0.2) is 46.4 Å². The Kier molecular flexibility index (Phi) is 7.89. The van der Waals surface area contributed by atoms with Crippen molar-refractivity contribution in [2.45, 2.75) is 44.0 Å². The molecule has 1 amide bonds. The molecule has 7 nitrogen and oxygen atoms in total. The zero-order valence-electron chi connectivity index (χ0n) is 16.2. The second kappa shape index (κ2) is 9.23. The van der Waals surface area contributed by atoms with Crippen molar-refractivity contribution < 1.29 is 22.7 Å². The second-order valence-electron chi connectivity index (χ2n) is 7.00. The van der Waals surface area contributed by atoms with Gasteiger partial charge in [0.2, 0.25) is 5.91 Å². The second-order valence-corrected chi connectivity index (χ2v) is 9.11. The predicted molar refractivity (Wildman–Crippen MR) is 101 cm³/mol. The summed E-state index contributed by atoms with van der Waals surface area (Å²) in [4.78, 5) is 12.3. The van der Waals surface area contributed by atoms with Gasteiger partial charge in [0.05, 0.1) is 24.9 Å². The van der Waals surface area contributed by atoms with Gasteiger partial charge in [0.25, 0.3) is 0 Å². The van der Waals surface area contributed by atoms with Crippen molar-refractivity contribution in [3.63, 3.8) is 0 Å². The van der Waals surface area contributed by atoms with Gasteiger partial charge in [0.1, 0.15) is 0 Å². The van der Waals surface area contributed by atoms with Crippen LogP contribution in [0.1, 0.15) is 33.6 Å². The summed E-state index contributed by atoms with van der Waals surface area (Å²) in [5.41, 5.74) is 5.23. The molecular weight excluding hydrogens is 356 g/mol. The van der Waals surface area contributed by atoms with Gasteiger partial charge in [0, 0.05) is 24.6 Å². The van der Waals surface area contributed by atoms with E-state index in [1.165, 1.54) is 32.4 Å². The van der Waals surface area contributed by atoms with Crippen molar-refractivity contribution in [3.05, 3.63) is 18.2 Å². The highest BCUT2D eigenvalue weighted by Gasteiger charge is 2.27. The lowest BCUT2D eigenvalue weighted by Crippen LogP contribution is -2.52. The molecule has 0 heterocycles. The van der Waals surface area contributed by atoms with E-state index in [-0.39, 0.29) is 23.0 Å². The largest absolute Gasteiger partial charge is 0.493 e. The Labute approximate surface area is 156 Å². The zero-order chi connectivity index (χ0) is 20.0. The third-order valence-corrected chi connectivity index (χ3v) is 5.78. The Hall–Kier alpha value is -1.80. The molecule has 0 aliphatic rings. The predicted octanol–water partition coefficient (Wildman–Crippen LogP) is 1.75. The molecule has 1 atom stereocenters. The van der Waals surface area contributed by atoms with E-state index in [0.717, 1.165) is 6.42 Å². The van der Waals surface area contributed by atoms with Gasteiger partial charge < -0.3 is 20.5 Å². The molecule has 0 aromatic heterocycles. The number of carbonyl (C=O) groups excluding carboxylic acids is 1. The first kappa shape index (κ1) is 22.2. The number of rotatable bonds is 10. The van der Waals surface area contributed by atoms with Gasteiger partial charge in [-0.3, -0.25) is 4.79 Å². The highest BCUT2D eigenvalue weighted by atomic mass is 32.2. The van der Waals surface area contributed by atoms with Crippen molar-refractivity contribution >= 4 is 15.7 Å². The fourth-order valence-corrected chi connectivity index (χ4v) is 4.09. The van der Waals surface area contributed by atoms with Gasteiger partial charge in [-0.25, -0.2) is 8.42 Å². The molecule has 8 heteroatoms. The summed E-state index contributed by atoms with van der Waals surface area (Å²) >= 11 is 0. The van der Waals surface area contributed by atoms with Crippen LogP contribution in [0.2, 0.25) is 0 Å². The Morgan fingerprint density at radius 2 is 1.85 bits per heavy atom. The van der Waals surface area contributed by atoms with E-state index in [4.69, 9.17) is 15.2 Å². The molecule has 0 radical (unpaired) electrons. The Morgan fingerprint density at radius 3 is 2.35 bits per heavy atom. The van der Waals surface area contributed by atoms with E-state index in [1.54, 1.807) is 0 Å². The van der Waals surface area contributed by atoms with Gasteiger partial charge in [-0.1, -0.05) is 13.8 Å². The van der Waals surface area contributed by atoms with Crippen LogP contribution >= 0.6 is 0 Å². The van der Waals surface area contributed by atoms with Crippen molar-refractivity contribution in [2.24, 2.45) is 11.7 Å². The number of sulfone groups is 1. The highest BCUT2D eigenvalue weighted by molar-refractivity contribution is 7.91. The number of hydrogen-bond acceptors (Lipinski definition) is 6. The minimum atomic E-state index is -3.63. The van der Waals surface area contributed by atoms with Crippen LogP contribution in [-0.2, 0) is 14.6 Å². The number of benzene rings is 1. The number of carbonyl (C=O) groups is 1. The molecule has 0 bridgehead atoms. The molecule has 1 unspecified atom stereocenters. The highest BCUT2D eigenvalue weighted by Crippen LogP contribution is 2.30. The molecule has 1 aromatic carbocycles. The smallest absolute Gasteiger partial charge is 0.221 e. The van der Waals surface area contributed by atoms with Crippen molar-refractivity contribution in [1.82, 2.24) is 5.32 Å². The Balaban J connectivity index is 2.80. The quantitative estimate of drug-likeness (QED) is 0.634. The fourth-order valence-electron chi connectivity index (χ4n) is 2.84. The lowest BCUT2D eigenvalue weighted by molar-refractivity contribution is -0.122. The molecule has 0 fully saturated rings. The molecule has 3 N–H and O–H groups in total. The van der Waals surface area contributed by atoms with E-state index in [0.29, 0.717) is 24.0 Å². The number of nitrogens with one attached hydrogen (secondary N) is 1. The van der Waals surface area contributed by atoms with Gasteiger partial charge in [-0.15, -0.1) is 0 Å². The third-order valence-electron chi connectivity index (χ3n) is 4.06. The summed E-state index contributed by atoms with van der Waals surface area (Å²) in [6.07, 6.45) is 0.585. The van der Waals surface area contributed by atoms with Crippen LogP contribution in [0.25, 0.3) is 0 Å². The first-order valence-corrected chi connectivity index (χ1v) is 10.2. The summed E-state index contributed by atoms with van der Waals surface area (Å²) in [7, 11) is -0.717. The summed E-state index contributed by atoms with van der Waals surface area (Å²) in [6, 6.07) is 4.37. The number of amides is 1. The maximum atomic E-state index is 12.5. The number of hydrogen-bond donors (Lipinski definition) is 2. The molecule has 148 valence electrons. The Morgan fingerprint density at radius 1 is 1.23 bits per heavy atom. The molecular formula is C18H30N2O5S. The van der Waals surface area contributed by atoms with Gasteiger partial charge in [-0.2, -0.15) is 0 Å². The molecule has 26 heavy (non-hydrogen) atoms. The zero-order valence-corrected chi connectivity index (χ0v) is 17.0. The maximum absolute atomic E-state index is 12.5. The molecule has 0 saturated carbocycles. The van der Waals surface area contributed by atoms with E-state index in [1.807, 2.05) is 20.8 Å². The number of nitrogens with two attached hydrogens (primary N) is 1. The summed E-state index contributed by atoms with van der Waals surface area (Å²) < 4.78 is 35.3. The molecule has 0 aliphatic heterocycles. The Bertz CT molecular complexity index is 718. The normalized spacial score (nSPS) is 14.0. The van der Waals surface area contributed by atoms with Crippen molar-refractivity contribution in [2.75, 3.05) is 26.5 Å². The average Bonchev–Trinajstić information content (AvgIpc) is 2.58. The monoisotopic (exact) mass is 386 g/mol. The fraction of sp³-hybridized carbons (Fsp3) is 0.611. The summed E-state index contributed by atoms with van der Waals surface area (Å²) in [6.45, 7) is 6.25. The topological polar surface area (TPSA) is 108 Å². The molecule has 0 saturated heterocycles. The lowest BCUT2D eigenvalue weighted by atomic mass is 9.90. The average molecular weight is 387 g/mol. The minimum absolute atomic E-state index is 0.0896. The minimum Gasteiger partial charge on any atom is -0.493 e. The molecule has 0 aliphatic carbocycles. The number of ether oxygens (including phenoxy) is 2. The van der Waals surface area contributed by atoms with Gasteiger partial charge in [0.15, 0.2) is 21.3 Å². The summed E-state index contributed by atoms with van der Waals surface area (Å²) in [5, 5.41) is 2.87. The lowest BCUT2D eigenvalue weighted by Gasteiger charge is -2.31. The van der Waals surface area contributed by atoms with Crippen molar-refractivity contribution in [3.8, 4) is 11.5 Å². The maximum Gasteiger partial charge on any atom is 0.221 e. The first-order chi connectivity index (χ1) is 12.1. The summed E-state index contributed by atoms with van der Waals surface area (Å²) in [5.74, 6) is 0.501. The standard InChI is InChI=1S/C18H30N2O5S/c1-13(2)11-18(3,12-19)20-17(21)8-9-26(22,23)14-6-7-15(24-4)16(10-14)25-5/h6-7,10,13H,8-9,11-12,19H2,1-5H3,(H,20,21). The van der Waals surface area contributed by atoms with Crippen LogP contribution in [0.5, 0.6) is 11.5 Å². The first-order valence-electron chi connectivity index (χ1n) is 8.52. The van der Waals surface area contributed by atoms with Crippen LogP contribution in [0, 0.1) is 5.92 Å². The van der Waals surface area contributed by atoms with E-state index in [2.05, 4.69) is 5.32 Å². The van der Waals surface area contributed by atoms with Gasteiger partial charge in [-0.05, 0) is 31.4 Å². The van der Waals surface area contributed by atoms with Crippen LogP contribution in [0.3, 0.4) is 0 Å². The van der Waals surface area contributed by atoms with E-state index in [9.17, 15) is 13.2 Å². The van der Waals surface area contributed by atoms with Gasteiger partial charge >= 0.3 is 0 Å². The van der Waals surface area contributed by atoms with Crippen LogP contribution in [0.15, 0.2) is 23.1 Å². The van der Waals surface area contributed by atoms with E-state index >= 15 is 0 Å². The third kappa shape index (κ3) is 6.17. The molecule has 0 spiro atoms. The van der Waals surface area contributed by atoms with E-state index < -0.39 is 15.4 Å². The molecule has 1 rings (SSSR count).